The third-order valence-electron chi connectivity index (χ3n) is 5.62. The van der Waals surface area contributed by atoms with Crippen molar-refractivity contribution in [2.45, 2.75) is 19.9 Å². The summed E-state index contributed by atoms with van der Waals surface area (Å²) in [6.45, 7) is 4.06. The van der Waals surface area contributed by atoms with Crippen LogP contribution in [0.25, 0.3) is 22.0 Å². The number of nitrogens with zero attached hydrogens (tertiary/aromatic N) is 4. The van der Waals surface area contributed by atoms with Gasteiger partial charge in [0, 0.05) is 23.6 Å². The van der Waals surface area contributed by atoms with Crippen molar-refractivity contribution in [3.63, 3.8) is 0 Å². The molecule has 8 heteroatoms. The first kappa shape index (κ1) is 22.0. The van der Waals surface area contributed by atoms with E-state index in [2.05, 4.69) is 21.3 Å². The van der Waals surface area contributed by atoms with Crippen LogP contribution < -0.4 is 4.74 Å². The Morgan fingerprint density at radius 2 is 2.09 bits per heavy atom. The molecule has 4 rings (SSSR count). The van der Waals surface area contributed by atoms with Crippen molar-refractivity contribution in [3.8, 4) is 23.1 Å². The SMILES string of the molecule is CCOc1nc(C(=O)N(C)[C@H](C)c2ccc(C#N)c3cn[nH]c23)ccc1-c1cccc(F)c1. The fourth-order valence-electron chi connectivity index (χ4n) is 3.75. The summed E-state index contributed by atoms with van der Waals surface area (Å²) in [5, 5.41) is 17.0. The zero-order valence-corrected chi connectivity index (χ0v) is 18.5. The monoisotopic (exact) mass is 443 g/mol. The predicted octanol–water partition coefficient (Wildman–Crippen LogP) is 4.87. The number of benzene rings is 2. The van der Waals surface area contributed by atoms with Gasteiger partial charge in [0.2, 0.25) is 5.88 Å². The predicted molar refractivity (Wildman–Crippen MR) is 122 cm³/mol. The molecule has 1 amide bonds. The first-order chi connectivity index (χ1) is 15.9. The number of amides is 1. The number of carbonyl (C=O) groups excluding carboxylic acids is 1. The lowest BCUT2D eigenvalue weighted by Crippen LogP contribution is -2.30. The minimum atomic E-state index is -0.365. The Labute approximate surface area is 190 Å². The van der Waals surface area contributed by atoms with E-state index in [1.165, 1.54) is 12.1 Å². The van der Waals surface area contributed by atoms with Crippen LogP contribution in [0, 0.1) is 17.1 Å². The summed E-state index contributed by atoms with van der Waals surface area (Å²) in [4.78, 5) is 19.3. The van der Waals surface area contributed by atoms with Crippen LogP contribution in [0.4, 0.5) is 4.39 Å². The number of H-pyrrole nitrogens is 1. The minimum absolute atomic E-state index is 0.211. The van der Waals surface area contributed by atoms with E-state index in [-0.39, 0.29) is 29.3 Å². The van der Waals surface area contributed by atoms with Crippen LogP contribution in [0.3, 0.4) is 0 Å². The molecule has 0 saturated heterocycles. The fraction of sp³-hybridized carbons (Fsp3) is 0.200. The van der Waals surface area contributed by atoms with Crippen molar-refractivity contribution in [2.75, 3.05) is 13.7 Å². The molecule has 0 saturated carbocycles. The highest BCUT2D eigenvalue weighted by Crippen LogP contribution is 2.31. The van der Waals surface area contributed by atoms with E-state index < -0.39 is 0 Å². The summed E-state index contributed by atoms with van der Waals surface area (Å²) >= 11 is 0. The summed E-state index contributed by atoms with van der Waals surface area (Å²) < 4.78 is 19.4. The number of halogens is 1. The summed E-state index contributed by atoms with van der Waals surface area (Å²) in [5.41, 5.74) is 3.49. The standard InChI is InChI=1S/C25H22FN5O2/c1-4-33-24-20(16-6-5-7-18(26)12-16)10-11-22(29-24)25(32)31(3)15(2)19-9-8-17(13-27)21-14-28-30-23(19)21/h5-12,14-15H,4H2,1-3H3,(H,28,30)/t15-/m1/s1. The number of hydrogen-bond donors (Lipinski definition) is 1. The molecule has 0 unspecified atom stereocenters. The van der Waals surface area contributed by atoms with E-state index in [1.54, 1.807) is 48.5 Å². The summed E-state index contributed by atoms with van der Waals surface area (Å²) in [5.74, 6) is -0.396. The molecule has 33 heavy (non-hydrogen) atoms. The highest BCUT2D eigenvalue weighted by Gasteiger charge is 2.24. The van der Waals surface area contributed by atoms with Crippen LogP contribution in [-0.2, 0) is 0 Å². The zero-order valence-electron chi connectivity index (χ0n) is 18.5. The Balaban J connectivity index is 1.67. The molecular formula is C25H22FN5O2. The average Bonchev–Trinajstić information content (AvgIpc) is 3.32. The van der Waals surface area contributed by atoms with Crippen molar-refractivity contribution in [1.82, 2.24) is 20.1 Å². The maximum Gasteiger partial charge on any atom is 0.272 e. The normalized spacial score (nSPS) is 11.7. The number of fused-ring (bicyclic) bond motifs is 1. The van der Waals surface area contributed by atoms with E-state index in [0.717, 1.165) is 5.56 Å². The van der Waals surface area contributed by atoms with Crippen molar-refractivity contribution in [1.29, 1.82) is 5.26 Å². The zero-order chi connectivity index (χ0) is 23.5. The lowest BCUT2D eigenvalue weighted by atomic mass is 10.0. The maximum atomic E-state index is 13.7. The van der Waals surface area contributed by atoms with Gasteiger partial charge in [-0.05, 0) is 49.7 Å². The Bertz CT molecular complexity index is 1370. The van der Waals surface area contributed by atoms with E-state index in [9.17, 15) is 14.4 Å². The van der Waals surface area contributed by atoms with Gasteiger partial charge in [0.05, 0.1) is 36.0 Å². The molecule has 0 aliphatic rings. The lowest BCUT2D eigenvalue weighted by Gasteiger charge is -2.26. The fourth-order valence-corrected chi connectivity index (χ4v) is 3.75. The molecule has 1 N–H and O–H groups in total. The molecule has 7 nitrogen and oxygen atoms in total. The molecule has 0 spiro atoms. The Morgan fingerprint density at radius 1 is 1.27 bits per heavy atom. The summed E-state index contributed by atoms with van der Waals surface area (Å²) in [7, 11) is 1.69. The van der Waals surface area contributed by atoms with Gasteiger partial charge in [-0.15, -0.1) is 0 Å². The van der Waals surface area contributed by atoms with Crippen LogP contribution in [0.5, 0.6) is 5.88 Å². The van der Waals surface area contributed by atoms with Crippen LogP contribution in [0.2, 0.25) is 0 Å². The van der Waals surface area contributed by atoms with E-state index in [4.69, 9.17) is 4.74 Å². The smallest absolute Gasteiger partial charge is 0.272 e. The number of hydrogen-bond acceptors (Lipinski definition) is 5. The second kappa shape index (κ2) is 9.09. The molecule has 1 atom stereocenters. The van der Waals surface area contributed by atoms with Gasteiger partial charge < -0.3 is 9.64 Å². The van der Waals surface area contributed by atoms with Crippen LogP contribution >= 0.6 is 0 Å². The molecule has 4 aromatic rings. The first-order valence-electron chi connectivity index (χ1n) is 10.5. The second-order valence-corrected chi connectivity index (χ2v) is 7.56. The van der Waals surface area contributed by atoms with Gasteiger partial charge in [-0.2, -0.15) is 10.4 Å². The first-order valence-corrected chi connectivity index (χ1v) is 10.5. The van der Waals surface area contributed by atoms with Gasteiger partial charge in [0.1, 0.15) is 11.5 Å². The number of rotatable bonds is 6. The third kappa shape index (κ3) is 4.13. The Morgan fingerprint density at radius 3 is 2.82 bits per heavy atom. The van der Waals surface area contributed by atoms with Crippen molar-refractivity contribution < 1.29 is 13.9 Å². The molecular weight excluding hydrogens is 421 g/mol. The number of nitriles is 1. The largest absolute Gasteiger partial charge is 0.478 e. The van der Waals surface area contributed by atoms with Crippen LogP contribution in [-0.4, -0.2) is 39.6 Å². The lowest BCUT2D eigenvalue weighted by molar-refractivity contribution is 0.0736. The van der Waals surface area contributed by atoms with Crippen molar-refractivity contribution >= 4 is 16.8 Å². The van der Waals surface area contributed by atoms with E-state index in [0.29, 0.717) is 34.2 Å². The number of pyridine rings is 1. The molecule has 0 fully saturated rings. The van der Waals surface area contributed by atoms with Gasteiger partial charge >= 0.3 is 0 Å². The molecule has 166 valence electrons. The number of aromatic amines is 1. The molecule has 0 aliphatic heterocycles. The topological polar surface area (TPSA) is 94.9 Å². The highest BCUT2D eigenvalue weighted by atomic mass is 19.1. The van der Waals surface area contributed by atoms with Gasteiger partial charge in [-0.1, -0.05) is 18.2 Å². The number of ether oxygens (including phenoxy) is 1. The molecule has 2 aromatic carbocycles. The molecule has 0 aliphatic carbocycles. The van der Waals surface area contributed by atoms with Gasteiger partial charge in [0.15, 0.2) is 0 Å². The molecule has 2 aromatic heterocycles. The Hall–Kier alpha value is -4.25. The number of aromatic nitrogens is 3. The van der Waals surface area contributed by atoms with Gasteiger partial charge in [-0.3, -0.25) is 9.89 Å². The van der Waals surface area contributed by atoms with Crippen LogP contribution in [0.15, 0.2) is 54.7 Å². The van der Waals surface area contributed by atoms with E-state index in [1.807, 2.05) is 19.9 Å². The minimum Gasteiger partial charge on any atom is -0.478 e. The summed E-state index contributed by atoms with van der Waals surface area (Å²) in [6.07, 6.45) is 1.60. The van der Waals surface area contributed by atoms with Crippen molar-refractivity contribution in [2.24, 2.45) is 0 Å². The quantitative estimate of drug-likeness (QED) is 0.459. The van der Waals surface area contributed by atoms with Crippen molar-refractivity contribution in [3.05, 3.63) is 77.4 Å². The molecule has 2 heterocycles. The average molecular weight is 443 g/mol. The number of nitrogens with one attached hydrogen (secondary N) is 1. The highest BCUT2D eigenvalue weighted by molar-refractivity contribution is 5.94. The van der Waals surface area contributed by atoms with Gasteiger partial charge in [0.25, 0.3) is 5.91 Å². The molecule has 0 bridgehead atoms. The third-order valence-corrected chi connectivity index (χ3v) is 5.62. The molecule has 0 radical (unpaired) electrons. The van der Waals surface area contributed by atoms with Gasteiger partial charge in [-0.25, -0.2) is 9.37 Å². The Kier molecular flexibility index (Phi) is 6.05. The summed E-state index contributed by atoms with van der Waals surface area (Å²) in [6, 6.07) is 14.8. The second-order valence-electron chi connectivity index (χ2n) is 7.56. The van der Waals surface area contributed by atoms with Crippen LogP contribution in [0.1, 0.15) is 41.5 Å². The maximum absolute atomic E-state index is 13.7. The van der Waals surface area contributed by atoms with E-state index >= 15 is 0 Å². The number of carbonyl (C=O) groups is 1.